The first-order valence-corrected chi connectivity index (χ1v) is 2.97. The van der Waals surface area contributed by atoms with E-state index < -0.39 is 6.67 Å². The van der Waals surface area contributed by atoms with Gasteiger partial charge in [-0.3, -0.25) is 4.39 Å². The van der Waals surface area contributed by atoms with Gasteiger partial charge in [0, 0.05) is 6.42 Å². The molecule has 2 heteroatoms. The van der Waals surface area contributed by atoms with Gasteiger partial charge in [-0.2, -0.15) is 0 Å². The van der Waals surface area contributed by atoms with Crippen LogP contribution < -0.4 is 0 Å². The van der Waals surface area contributed by atoms with E-state index in [0.717, 1.165) is 0 Å². The van der Waals surface area contributed by atoms with Crippen LogP contribution in [-0.2, 0) is 0 Å². The molecule has 0 aliphatic heterocycles. The fourth-order valence-electron chi connectivity index (χ4n) is 0.688. The Morgan fingerprint density at radius 3 is 2.30 bits per heavy atom. The summed E-state index contributed by atoms with van der Waals surface area (Å²) in [7, 11) is 0. The van der Waals surface area contributed by atoms with Crippen molar-refractivity contribution in [2.45, 2.75) is 0 Å². The molecule has 0 aliphatic carbocycles. The monoisotopic (exact) mass is 141 g/mol. The molecular weight excluding hydrogens is 134 g/mol. The molecule has 0 aromatic heterocycles. The van der Waals surface area contributed by atoms with Crippen molar-refractivity contribution in [3.63, 3.8) is 0 Å². The standard InChI is InChI=1S/C8H7F2/c9-6-5-7-1-3-8(10)4-2-7/h1-5H,6H2. The van der Waals surface area contributed by atoms with Crippen LogP contribution in [0.5, 0.6) is 0 Å². The second-order valence-electron chi connectivity index (χ2n) is 1.91. The van der Waals surface area contributed by atoms with Crippen molar-refractivity contribution in [3.05, 3.63) is 42.1 Å². The minimum Gasteiger partial charge on any atom is -0.250 e. The molecule has 0 nitrogen and oxygen atoms in total. The van der Waals surface area contributed by atoms with E-state index in [-0.39, 0.29) is 5.82 Å². The molecule has 0 fully saturated rings. The smallest absolute Gasteiger partial charge is 0.123 e. The molecule has 1 rings (SSSR count). The number of hydrogen-bond acceptors (Lipinski definition) is 0. The van der Waals surface area contributed by atoms with E-state index >= 15 is 0 Å². The van der Waals surface area contributed by atoms with Gasteiger partial charge in [0.1, 0.15) is 5.82 Å². The molecule has 0 heterocycles. The topological polar surface area (TPSA) is 0 Å². The van der Waals surface area contributed by atoms with Crippen LogP contribution in [-0.4, -0.2) is 6.67 Å². The summed E-state index contributed by atoms with van der Waals surface area (Å²) in [6, 6.07) is 5.69. The molecule has 0 atom stereocenters. The third-order valence-corrected chi connectivity index (χ3v) is 1.18. The third kappa shape index (κ3) is 1.79. The zero-order chi connectivity index (χ0) is 7.40. The maximum absolute atomic E-state index is 12.2. The van der Waals surface area contributed by atoms with Gasteiger partial charge in [-0.25, -0.2) is 4.39 Å². The van der Waals surface area contributed by atoms with Gasteiger partial charge in [-0.05, 0) is 17.7 Å². The maximum atomic E-state index is 12.2. The molecule has 10 heavy (non-hydrogen) atoms. The van der Waals surface area contributed by atoms with Crippen LogP contribution in [0.1, 0.15) is 5.56 Å². The highest BCUT2D eigenvalue weighted by Gasteiger charge is 1.91. The van der Waals surface area contributed by atoms with Crippen LogP contribution in [0.3, 0.4) is 0 Å². The first kappa shape index (κ1) is 7.19. The lowest BCUT2D eigenvalue weighted by Crippen LogP contribution is -1.82. The molecule has 0 aliphatic rings. The van der Waals surface area contributed by atoms with Crippen molar-refractivity contribution < 1.29 is 8.78 Å². The van der Waals surface area contributed by atoms with Crippen molar-refractivity contribution in [1.82, 2.24) is 0 Å². The molecule has 1 aromatic carbocycles. The molecule has 0 N–H and O–H groups in total. The van der Waals surface area contributed by atoms with Crippen molar-refractivity contribution in [1.29, 1.82) is 0 Å². The number of halogens is 2. The van der Waals surface area contributed by atoms with Gasteiger partial charge < -0.3 is 0 Å². The first-order valence-electron chi connectivity index (χ1n) is 2.97. The number of benzene rings is 1. The number of alkyl halides is 1. The lowest BCUT2D eigenvalue weighted by Gasteiger charge is -1.93. The summed E-state index contributed by atoms with van der Waals surface area (Å²) in [5, 5.41) is 0. The molecular formula is C8H7F2. The Morgan fingerprint density at radius 1 is 1.20 bits per heavy atom. The van der Waals surface area contributed by atoms with E-state index in [2.05, 4.69) is 0 Å². The van der Waals surface area contributed by atoms with Crippen LogP contribution in [0.25, 0.3) is 0 Å². The van der Waals surface area contributed by atoms with Crippen molar-refractivity contribution in [2.75, 3.05) is 6.67 Å². The Labute approximate surface area is 58.5 Å². The second-order valence-corrected chi connectivity index (χ2v) is 1.91. The lowest BCUT2D eigenvalue weighted by atomic mass is 10.2. The van der Waals surface area contributed by atoms with Crippen LogP contribution >= 0.6 is 0 Å². The summed E-state index contributed by atoms with van der Waals surface area (Å²) in [4.78, 5) is 0. The molecule has 0 amide bonds. The van der Waals surface area contributed by atoms with Gasteiger partial charge in [0.2, 0.25) is 0 Å². The molecule has 1 radical (unpaired) electrons. The summed E-state index contributed by atoms with van der Waals surface area (Å²) >= 11 is 0. The van der Waals surface area contributed by atoms with Gasteiger partial charge in [0.05, 0.1) is 6.67 Å². The summed E-state index contributed by atoms with van der Waals surface area (Å²) in [5.41, 5.74) is 0.712. The van der Waals surface area contributed by atoms with Crippen molar-refractivity contribution >= 4 is 0 Å². The van der Waals surface area contributed by atoms with E-state index in [1.165, 1.54) is 30.7 Å². The fraction of sp³-hybridized carbons (Fsp3) is 0.125. The summed E-state index contributed by atoms with van der Waals surface area (Å²) in [6.07, 6.45) is 1.39. The number of rotatable bonds is 2. The molecule has 0 saturated heterocycles. The second kappa shape index (κ2) is 3.30. The van der Waals surface area contributed by atoms with Gasteiger partial charge in [-0.1, -0.05) is 12.1 Å². The quantitative estimate of drug-likeness (QED) is 0.593. The predicted octanol–water partition coefficient (Wildman–Crippen LogP) is 2.35. The van der Waals surface area contributed by atoms with Gasteiger partial charge in [0.15, 0.2) is 0 Å². The fourth-order valence-corrected chi connectivity index (χ4v) is 0.688. The highest BCUT2D eigenvalue weighted by Crippen LogP contribution is 2.04. The SMILES string of the molecule is FC[CH]c1ccc(F)cc1. The normalized spacial score (nSPS) is 9.80. The zero-order valence-electron chi connectivity index (χ0n) is 5.35. The first-order chi connectivity index (χ1) is 4.83. The molecule has 0 bridgehead atoms. The summed E-state index contributed by atoms with van der Waals surface area (Å²) < 4.78 is 23.8. The summed E-state index contributed by atoms with van der Waals surface area (Å²) in [5.74, 6) is -0.295. The van der Waals surface area contributed by atoms with Crippen LogP contribution in [0.4, 0.5) is 8.78 Å². The Kier molecular flexibility index (Phi) is 2.37. The maximum Gasteiger partial charge on any atom is 0.123 e. The zero-order valence-corrected chi connectivity index (χ0v) is 5.35. The van der Waals surface area contributed by atoms with Crippen molar-refractivity contribution in [2.24, 2.45) is 0 Å². The van der Waals surface area contributed by atoms with E-state index in [4.69, 9.17) is 0 Å². The van der Waals surface area contributed by atoms with Crippen LogP contribution in [0.2, 0.25) is 0 Å². The molecule has 0 unspecified atom stereocenters. The number of hydrogen-bond donors (Lipinski definition) is 0. The Morgan fingerprint density at radius 2 is 1.80 bits per heavy atom. The average molecular weight is 141 g/mol. The molecule has 53 valence electrons. The molecule has 0 spiro atoms. The Bertz CT molecular complexity index is 191. The Balaban J connectivity index is 2.69. The lowest BCUT2D eigenvalue weighted by molar-refractivity contribution is 0.544. The van der Waals surface area contributed by atoms with Gasteiger partial charge >= 0.3 is 0 Å². The van der Waals surface area contributed by atoms with E-state index in [9.17, 15) is 8.78 Å². The van der Waals surface area contributed by atoms with E-state index in [0.29, 0.717) is 5.56 Å². The van der Waals surface area contributed by atoms with Crippen LogP contribution in [0.15, 0.2) is 24.3 Å². The van der Waals surface area contributed by atoms with Gasteiger partial charge in [0.25, 0.3) is 0 Å². The highest BCUT2D eigenvalue weighted by molar-refractivity contribution is 5.22. The van der Waals surface area contributed by atoms with E-state index in [1.54, 1.807) is 0 Å². The van der Waals surface area contributed by atoms with Gasteiger partial charge in [-0.15, -0.1) is 0 Å². The third-order valence-electron chi connectivity index (χ3n) is 1.18. The molecule has 0 saturated carbocycles. The van der Waals surface area contributed by atoms with Crippen molar-refractivity contribution in [3.8, 4) is 0 Å². The predicted molar refractivity (Wildman–Crippen MR) is 35.8 cm³/mol. The average Bonchev–Trinajstić information content (AvgIpc) is 1.95. The summed E-state index contributed by atoms with van der Waals surface area (Å²) in [6.45, 7) is -0.508. The van der Waals surface area contributed by atoms with Crippen LogP contribution in [0, 0.1) is 12.2 Å². The highest BCUT2D eigenvalue weighted by atomic mass is 19.1. The largest absolute Gasteiger partial charge is 0.250 e. The minimum atomic E-state index is -0.508. The Hall–Kier alpha value is -0.920. The molecule has 1 aromatic rings. The van der Waals surface area contributed by atoms with E-state index in [1.807, 2.05) is 0 Å². The minimum absolute atomic E-state index is 0.295.